The van der Waals surface area contributed by atoms with Crippen LogP contribution in [0.2, 0.25) is 0 Å². The summed E-state index contributed by atoms with van der Waals surface area (Å²) in [6, 6.07) is 9.15. The van der Waals surface area contributed by atoms with E-state index in [2.05, 4.69) is 9.97 Å². The molecule has 5 heteroatoms. The van der Waals surface area contributed by atoms with Crippen molar-refractivity contribution in [2.75, 3.05) is 20.3 Å². The molecule has 0 aliphatic carbocycles. The molecule has 2 N–H and O–H groups in total. The Kier molecular flexibility index (Phi) is 4.83. The number of rotatable bonds is 6. The van der Waals surface area contributed by atoms with Crippen LogP contribution in [0.5, 0.6) is 5.75 Å². The number of para-hydroxylation sites is 1. The number of nitrogens with two attached hydrogens (primary N) is 1. The van der Waals surface area contributed by atoms with E-state index >= 15 is 0 Å². The summed E-state index contributed by atoms with van der Waals surface area (Å²) in [4.78, 5) is 8.07. The average Bonchev–Trinajstić information content (AvgIpc) is 2.48. The van der Waals surface area contributed by atoms with E-state index in [1.807, 2.05) is 24.3 Å². The van der Waals surface area contributed by atoms with Crippen molar-refractivity contribution >= 4 is 0 Å². The Bertz CT molecular complexity index is 505. The van der Waals surface area contributed by atoms with Gasteiger partial charge in [-0.3, -0.25) is 0 Å². The van der Waals surface area contributed by atoms with Crippen molar-refractivity contribution in [2.45, 2.75) is 6.04 Å². The maximum Gasteiger partial charge on any atom is 0.124 e. The molecule has 1 atom stereocenters. The molecule has 0 saturated carbocycles. The van der Waals surface area contributed by atoms with Crippen LogP contribution in [0.1, 0.15) is 17.3 Å². The van der Waals surface area contributed by atoms with Gasteiger partial charge in [-0.05, 0) is 12.1 Å². The number of benzene rings is 1. The Morgan fingerprint density at radius 2 is 2.05 bits per heavy atom. The molecule has 0 saturated heterocycles. The number of methoxy groups -OCH3 is 1. The standard InChI is InChI=1S/C14H17N3O2/c1-18-8-9-19-13-5-3-2-4-11(13)14(15)12-6-7-16-10-17-12/h2-7,10,14H,8-9,15H2,1H3. The third-order valence-electron chi connectivity index (χ3n) is 2.72. The molecule has 1 aromatic heterocycles. The van der Waals surface area contributed by atoms with Crippen molar-refractivity contribution in [3.05, 3.63) is 54.1 Å². The van der Waals surface area contributed by atoms with Crippen LogP contribution in [-0.2, 0) is 4.74 Å². The third kappa shape index (κ3) is 3.49. The van der Waals surface area contributed by atoms with Crippen LogP contribution in [0, 0.1) is 0 Å². The van der Waals surface area contributed by atoms with Gasteiger partial charge in [-0.2, -0.15) is 0 Å². The zero-order chi connectivity index (χ0) is 13.5. The first kappa shape index (κ1) is 13.5. The summed E-state index contributed by atoms with van der Waals surface area (Å²) >= 11 is 0. The zero-order valence-corrected chi connectivity index (χ0v) is 10.8. The van der Waals surface area contributed by atoms with E-state index in [9.17, 15) is 0 Å². The van der Waals surface area contributed by atoms with Crippen LogP contribution in [0.25, 0.3) is 0 Å². The lowest BCUT2D eigenvalue weighted by Gasteiger charge is -2.16. The summed E-state index contributed by atoms with van der Waals surface area (Å²) in [5.41, 5.74) is 7.88. The fourth-order valence-electron chi connectivity index (χ4n) is 1.75. The molecule has 2 rings (SSSR count). The van der Waals surface area contributed by atoms with Gasteiger partial charge in [0.2, 0.25) is 0 Å². The van der Waals surface area contributed by atoms with Crippen molar-refractivity contribution in [3.8, 4) is 5.75 Å². The second-order valence-corrected chi connectivity index (χ2v) is 3.99. The fourth-order valence-corrected chi connectivity index (χ4v) is 1.75. The van der Waals surface area contributed by atoms with Gasteiger partial charge in [0.1, 0.15) is 18.7 Å². The SMILES string of the molecule is COCCOc1ccccc1C(N)c1ccncn1. The first-order chi connectivity index (χ1) is 9.33. The van der Waals surface area contributed by atoms with Crippen LogP contribution in [0.4, 0.5) is 0 Å². The van der Waals surface area contributed by atoms with E-state index in [0.717, 1.165) is 17.0 Å². The van der Waals surface area contributed by atoms with Gasteiger partial charge in [0.05, 0.1) is 18.3 Å². The van der Waals surface area contributed by atoms with Crippen molar-refractivity contribution in [2.24, 2.45) is 5.73 Å². The Morgan fingerprint density at radius 3 is 2.79 bits per heavy atom. The molecular formula is C14H17N3O2. The van der Waals surface area contributed by atoms with Gasteiger partial charge in [0, 0.05) is 18.9 Å². The summed E-state index contributed by atoms with van der Waals surface area (Å²) in [5.74, 6) is 0.755. The Labute approximate surface area is 112 Å². The lowest BCUT2D eigenvalue weighted by atomic mass is 10.0. The summed E-state index contributed by atoms with van der Waals surface area (Å²) in [7, 11) is 1.64. The van der Waals surface area contributed by atoms with Crippen molar-refractivity contribution in [1.82, 2.24) is 9.97 Å². The largest absolute Gasteiger partial charge is 0.491 e. The van der Waals surface area contributed by atoms with Gasteiger partial charge in [-0.1, -0.05) is 18.2 Å². The van der Waals surface area contributed by atoms with Crippen molar-refractivity contribution in [3.63, 3.8) is 0 Å². The fraction of sp³-hybridized carbons (Fsp3) is 0.286. The summed E-state index contributed by atoms with van der Waals surface area (Å²) < 4.78 is 10.6. The quantitative estimate of drug-likeness (QED) is 0.797. The summed E-state index contributed by atoms with van der Waals surface area (Å²) in [6.45, 7) is 1.03. The normalized spacial score (nSPS) is 12.1. The average molecular weight is 259 g/mol. The first-order valence-electron chi connectivity index (χ1n) is 6.05. The summed E-state index contributed by atoms with van der Waals surface area (Å²) in [5, 5.41) is 0. The van der Waals surface area contributed by atoms with E-state index in [0.29, 0.717) is 13.2 Å². The molecule has 0 fully saturated rings. The van der Waals surface area contributed by atoms with E-state index < -0.39 is 0 Å². The van der Waals surface area contributed by atoms with Gasteiger partial charge >= 0.3 is 0 Å². The molecule has 0 aliphatic heterocycles. The van der Waals surface area contributed by atoms with E-state index in [1.165, 1.54) is 6.33 Å². The molecule has 2 aromatic rings. The minimum atomic E-state index is -0.332. The maximum absolute atomic E-state index is 6.22. The molecule has 0 amide bonds. The minimum Gasteiger partial charge on any atom is -0.491 e. The molecule has 0 radical (unpaired) electrons. The van der Waals surface area contributed by atoms with Crippen LogP contribution in [0.3, 0.4) is 0 Å². The lowest BCUT2D eigenvalue weighted by molar-refractivity contribution is 0.145. The molecule has 1 unspecified atom stereocenters. The Balaban J connectivity index is 2.19. The van der Waals surface area contributed by atoms with E-state index in [-0.39, 0.29) is 6.04 Å². The third-order valence-corrected chi connectivity index (χ3v) is 2.72. The topological polar surface area (TPSA) is 70.3 Å². The Hall–Kier alpha value is -1.98. The van der Waals surface area contributed by atoms with Gasteiger partial charge in [-0.15, -0.1) is 0 Å². The van der Waals surface area contributed by atoms with Crippen LogP contribution in [0.15, 0.2) is 42.9 Å². The predicted octanol–water partition coefficient (Wildman–Crippen LogP) is 1.55. The smallest absolute Gasteiger partial charge is 0.124 e. The molecule has 5 nitrogen and oxygen atoms in total. The number of hydrogen-bond donors (Lipinski definition) is 1. The second kappa shape index (κ2) is 6.82. The van der Waals surface area contributed by atoms with Crippen molar-refractivity contribution in [1.29, 1.82) is 0 Å². The highest BCUT2D eigenvalue weighted by molar-refractivity contribution is 5.39. The molecule has 0 bridgehead atoms. The van der Waals surface area contributed by atoms with Gasteiger partial charge in [0.15, 0.2) is 0 Å². The van der Waals surface area contributed by atoms with Gasteiger partial charge in [-0.25, -0.2) is 9.97 Å². The van der Waals surface area contributed by atoms with Crippen LogP contribution >= 0.6 is 0 Å². The predicted molar refractivity (Wildman–Crippen MR) is 71.9 cm³/mol. The number of aromatic nitrogens is 2. The van der Waals surface area contributed by atoms with Crippen LogP contribution in [-0.4, -0.2) is 30.3 Å². The number of hydrogen-bond acceptors (Lipinski definition) is 5. The highest BCUT2D eigenvalue weighted by Crippen LogP contribution is 2.26. The number of nitrogens with zero attached hydrogens (tertiary/aromatic N) is 2. The zero-order valence-electron chi connectivity index (χ0n) is 10.8. The van der Waals surface area contributed by atoms with E-state index in [1.54, 1.807) is 19.4 Å². The van der Waals surface area contributed by atoms with Crippen molar-refractivity contribution < 1.29 is 9.47 Å². The molecule has 1 heterocycles. The highest BCUT2D eigenvalue weighted by atomic mass is 16.5. The molecule has 19 heavy (non-hydrogen) atoms. The summed E-state index contributed by atoms with van der Waals surface area (Å²) in [6.07, 6.45) is 3.17. The monoisotopic (exact) mass is 259 g/mol. The first-order valence-corrected chi connectivity index (χ1v) is 6.05. The van der Waals surface area contributed by atoms with Gasteiger partial charge < -0.3 is 15.2 Å². The minimum absolute atomic E-state index is 0.332. The lowest BCUT2D eigenvalue weighted by Crippen LogP contribution is -2.16. The molecule has 0 aliphatic rings. The molecule has 100 valence electrons. The van der Waals surface area contributed by atoms with Crippen LogP contribution < -0.4 is 10.5 Å². The van der Waals surface area contributed by atoms with E-state index in [4.69, 9.17) is 15.2 Å². The molecule has 0 spiro atoms. The Morgan fingerprint density at radius 1 is 1.21 bits per heavy atom. The highest BCUT2D eigenvalue weighted by Gasteiger charge is 2.14. The van der Waals surface area contributed by atoms with Gasteiger partial charge in [0.25, 0.3) is 0 Å². The maximum atomic E-state index is 6.22. The molecular weight excluding hydrogens is 242 g/mol. The molecule has 1 aromatic carbocycles. The second-order valence-electron chi connectivity index (χ2n) is 3.99. The number of ether oxygens (including phenoxy) is 2.